The molecule has 9 heteroatoms. The zero-order valence-electron chi connectivity index (χ0n) is 13.0. The second-order valence-electron chi connectivity index (χ2n) is 5.16. The number of aliphatic carboxylic acids is 2. The van der Waals surface area contributed by atoms with Gasteiger partial charge in [0.1, 0.15) is 18.7 Å². The van der Waals surface area contributed by atoms with E-state index in [1.54, 1.807) is 24.3 Å². The number of hydrogen-bond acceptors (Lipinski definition) is 6. The van der Waals surface area contributed by atoms with E-state index < -0.39 is 30.1 Å². The van der Waals surface area contributed by atoms with Gasteiger partial charge in [0.2, 0.25) is 0 Å². The summed E-state index contributed by atoms with van der Waals surface area (Å²) in [7, 11) is 0. The molecule has 0 saturated carbocycles. The minimum absolute atomic E-state index is 0.00344. The van der Waals surface area contributed by atoms with Crippen molar-refractivity contribution >= 4 is 18.0 Å². The molecule has 0 heterocycles. The second-order valence-corrected chi connectivity index (χ2v) is 5.16. The number of hydrogen-bond donors (Lipinski definition) is 4. The summed E-state index contributed by atoms with van der Waals surface area (Å²) in [5.74, 6) is -2.49. The largest absolute Gasteiger partial charge is 0.480 e. The zero-order chi connectivity index (χ0) is 18.1. The molecule has 2 atom stereocenters. The zero-order valence-corrected chi connectivity index (χ0v) is 13.0. The first kappa shape index (κ1) is 19.4. The van der Waals surface area contributed by atoms with Crippen LogP contribution in [0.4, 0.5) is 4.79 Å². The van der Waals surface area contributed by atoms with Gasteiger partial charge in [-0.3, -0.25) is 9.59 Å². The fraction of sp³-hybridized carbons (Fsp3) is 0.400. The molecule has 1 aromatic carbocycles. The Morgan fingerprint density at radius 3 is 2.17 bits per heavy atom. The molecule has 0 fully saturated rings. The quantitative estimate of drug-likeness (QED) is 0.483. The molecule has 0 spiro atoms. The van der Waals surface area contributed by atoms with E-state index in [-0.39, 0.29) is 26.1 Å². The van der Waals surface area contributed by atoms with Crippen molar-refractivity contribution in [1.82, 2.24) is 4.90 Å². The average Bonchev–Trinajstić information content (AvgIpc) is 2.56. The fourth-order valence-electron chi connectivity index (χ4n) is 1.80. The lowest BCUT2D eigenvalue weighted by Gasteiger charge is -2.24. The molecule has 1 aromatic rings. The van der Waals surface area contributed by atoms with E-state index in [9.17, 15) is 14.4 Å². The Morgan fingerprint density at radius 2 is 1.62 bits per heavy atom. The van der Waals surface area contributed by atoms with Crippen molar-refractivity contribution in [2.24, 2.45) is 11.5 Å². The molecule has 0 aliphatic heterocycles. The van der Waals surface area contributed by atoms with E-state index in [1.807, 2.05) is 6.07 Å². The molecule has 24 heavy (non-hydrogen) atoms. The molecule has 6 N–H and O–H groups in total. The van der Waals surface area contributed by atoms with Gasteiger partial charge in [-0.05, 0) is 12.0 Å². The van der Waals surface area contributed by atoms with Gasteiger partial charge in [0.15, 0.2) is 0 Å². The summed E-state index contributed by atoms with van der Waals surface area (Å²) >= 11 is 0. The number of carboxylic acid groups (broad SMARTS) is 2. The summed E-state index contributed by atoms with van der Waals surface area (Å²) < 4.78 is 5.11. The number of nitrogens with zero attached hydrogens (tertiary/aromatic N) is 1. The molecule has 0 aliphatic carbocycles. The van der Waals surface area contributed by atoms with E-state index in [0.29, 0.717) is 0 Å². The van der Waals surface area contributed by atoms with Crippen LogP contribution in [0.3, 0.4) is 0 Å². The molecular formula is C15H21N3O6. The van der Waals surface area contributed by atoms with Gasteiger partial charge >= 0.3 is 18.0 Å². The summed E-state index contributed by atoms with van der Waals surface area (Å²) in [5, 5.41) is 17.6. The van der Waals surface area contributed by atoms with Gasteiger partial charge in [-0.2, -0.15) is 0 Å². The van der Waals surface area contributed by atoms with Crippen molar-refractivity contribution in [2.45, 2.75) is 25.1 Å². The molecule has 9 nitrogen and oxygen atoms in total. The van der Waals surface area contributed by atoms with Crippen LogP contribution in [0.2, 0.25) is 0 Å². The summed E-state index contributed by atoms with van der Waals surface area (Å²) in [5.41, 5.74) is 11.6. The Morgan fingerprint density at radius 1 is 1.04 bits per heavy atom. The molecule has 1 rings (SSSR count). The van der Waals surface area contributed by atoms with Crippen molar-refractivity contribution in [2.75, 3.05) is 13.1 Å². The standard InChI is InChI=1S/C15H21N3O6/c16-11(13(19)20)6-7-18(8-12(17)14(21)22)15(23)24-9-10-4-2-1-3-5-10/h1-5,11-12H,6-9,16-17H2,(H,19,20)(H,21,22)/t11-,12-/m0/s1. The maximum Gasteiger partial charge on any atom is 0.410 e. The first-order valence-corrected chi connectivity index (χ1v) is 7.23. The Kier molecular flexibility index (Phi) is 7.66. The van der Waals surface area contributed by atoms with E-state index in [0.717, 1.165) is 10.5 Å². The number of carbonyl (C=O) groups excluding carboxylic acids is 1. The Labute approximate surface area is 138 Å². The van der Waals surface area contributed by atoms with Crippen LogP contribution in [0.25, 0.3) is 0 Å². The number of rotatable bonds is 9. The molecule has 0 radical (unpaired) electrons. The average molecular weight is 339 g/mol. The molecule has 0 aliphatic rings. The lowest BCUT2D eigenvalue weighted by molar-refractivity contribution is -0.140. The third kappa shape index (κ3) is 6.63. The van der Waals surface area contributed by atoms with E-state index in [4.69, 9.17) is 26.4 Å². The summed E-state index contributed by atoms with van der Waals surface area (Å²) in [6.07, 6.45) is -0.838. The Bertz CT molecular complexity index is 566. The van der Waals surface area contributed by atoms with Gasteiger partial charge in [-0.1, -0.05) is 30.3 Å². The third-order valence-electron chi connectivity index (χ3n) is 3.22. The highest BCUT2D eigenvalue weighted by molar-refractivity contribution is 5.75. The summed E-state index contributed by atoms with van der Waals surface area (Å²) in [4.78, 5) is 34.8. The van der Waals surface area contributed by atoms with Crippen LogP contribution < -0.4 is 11.5 Å². The van der Waals surface area contributed by atoms with Crippen LogP contribution in [0.1, 0.15) is 12.0 Å². The van der Waals surface area contributed by atoms with Crippen molar-refractivity contribution in [3.8, 4) is 0 Å². The highest BCUT2D eigenvalue weighted by Crippen LogP contribution is 2.05. The smallest absolute Gasteiger partial charge is 0.410 e. The SMILES string of the molecule is N[C@@H](CCN(C[C@H](N)C(=O)O)C(=O)OCc1ccccc1)C(=O)O. The summed E-state index contributed by atoms with van der Waals surface area (Å²) in [6, 6.07) is 6.43. The molecule has 0 aromatic heterocycles. The lowest BCUT2D eigenvalue weighted by atomic mass is 10.2. The van der Waals surface area contributed by atoms with E-state index in [2.05, 4.69) is 0 Å². The van der Waals surface area contributed by atoms with Crippen molar-refractivity contribution in [1.29, 1.82) is 0 Å². The van der Waals surface area contributed by atoms with Crippen LogP contribution in [0.5, 0.6) is 0 Å². The Hall–Kier alpha value is -2.65. The van der Waals surface area contributed by atoms with Gasteiger partial charge < -0.3 is 31.3 Å². The van der Waals surface area contributed by atoms with Crippen LogP contribution in [0.15, 0.2) is 30.3 Å². The minimum Gasteiger partial charge on any atom is -0.480 e. The first-order valence-electron chi connectivity index (χ1n) is 7.23. The minimum atomic E-state index is -1.31. The number of carboxylic acids is 2. The summed E-state index contributed by atoms with van der Waals surface area (Å²) in [6.45, 7) is -0.388. The Balaban J connectivity index is 2.65. The van der Waals surface area contributed by atoms with Gasteiger partial charge in [-0.25, -0.2) is 4.79 Å². The molecule has 0 bridgehead atoms. The van der Waals surface area contributed by atoms with Gasteiger partial charge in [-0.15, -0.1) is 0 Å². The topological polar surface area (TPSA) is 156 Å². The molecule has 0 unspecified atom stereocenters. The van der Waals surface area contributed by atoms with Crippen LogP contribution >= 0.6 is 0 Å². The van der Waals surface area contributed by atoms with Crippen molar-refractivity contribution in [3.05, 3.63) is 35.9 Å². The van der Waals surface area contributed by atoms with Gasteiger partial charge in [0, 0.05) is 13.1 Å². The van der Waals surface area contributed by atoms with Crippen LogP contribution in [0, 0.1) is 0 Å². The van der Waals surface area contributed by atoms with Crippen LogP contribution in [-0.2, 0) is 20.9 Å². The maximum atomic E-state index is 12.1. The fourth-order valence-corrected chi connectivity index (χ4v) is 1.80. The van der Waals surface area contributed by atoms with E-state index in [1.165, 1.54) is 0 Å². The first-order chi connectivity index (χ1) is 11.3. The van der Waals surface area contributed by atoms with Crippen molar-refractivity contribution in [3.63, 3.8) is 0 Å². The second kappa shape index (κ2) is 9.48. The number of ether oxygens (including phenoxy) is 1. The lowest BCUT2D eigenvalue weighted by Crippen LogP contribution is -2.47. The molecular weight excluding hydrogens is 318 g/mol. The van der Waals surface area contributed by atoms with Crippen LogP contribution in [-0.4, -0.2) is 58.3 Å². The highest BCUT2D eigenvalue weighted by atomic mass is 16.6. The molecule has 0 saturated heterocycles. The molecule has 132 valence electrons. The predicted octanol–water partition coefficient (Wildman–Crippen LogP) is -0.161. The number of amides is 1. The highest BCUT2D eigenvalue weighted by Gasteiger charge is 2.23. The maximum absolute atomic E-state index is 12.1. The predicted molar refractivity (Wildman–Crippen MR) is 84.0 cm³/mol. The molecule has 1 amide bonds. The monoisotopic (exact) mass is 339 g/mol. The van der Waals surface area contributed by atoms with E-state index >= 15 is 0 Å². The number of nitrogens with two attached hydrogens (primary N) is 2. The number of carbonyl (C=O) groups is 3. The van der Waals surface area contributed by atoms with Gasteiger partial charge in [0.05, 0.1) is 0 Å². The number of benzene rings is 1. The van der Waals surface area contributed by atoms with Crippen molar-refractivity contribution < 1.29 is 29.3 Å². The van der Waals surface area contributed by atoms with Gasteiger partial charge in [0.25, 0.3) is 0 Å². The normalized spacial score (nSPS) is 12.9. The third-order valence-corrected chi connectivity index (χ3v) is 3.22.